The molecule has 0 unspecified atom stereocenters. The molecule has 0 aromatic heterocycles. The van der Waals surface area contributed by atoms with Crippen molar-refractivity contribution in [1.82, 2.24) is 10.2 Å². The fraction of sp³-hybridized carbons (Fsp3) is 0.619. The first-order valence-electron chi connectivity index (χ1n) is 10.1. The summed E-state index contributed by atoms with van der Waals surface area (Å²) in [5, 5.41) is 2.99. The number of carbonyl (C=O) groups excluding carboxylic acids is 2. The van der Waals surface area contributed by atoms with E-state index in [1.807, 2.05) is 25.1 Å². The molecule has 1 saturated heterocycles. The van der Waals surface area contributed by atoms with E-state index in [1.54, 1.807) is 4.90 Å². The van der Waals surface area contributed by atoms with Crippen LogP contribution in [0.25, 0.3) is 0 Å². The molecule has 1 N–H and O–H groups in total. The highest BCUT2D eigenvalue weighted by Crippen LogP contribution is 2.32. The van der Waals surface area contributed by atoms with Crippen molar-refractivity contribution in [3.8, 4) is 5.75 Å². The first-order valence-corrected chi connectivity index (χ1v) is 10.1. The lowest BCUT2D eigenvalue weighted by Crippen LogP contribution is -2.41. The van der Waals surface area contributed by atoms with E-state index in [1.165, 1.54) is 25.8 Å². The van der Waals surface area contributed by atoms with Crippen molar-refractivity contribution in [2.75, 3.05) is 37.7 Å². The van der Waals surface area contributed by atoms with Gasteiger partial charge in [0.15, 0.2) is 6.61 Å². The van der Waals surface area contributed by atoms with Gasteiger partial charge in [0.25, 0.3) is 5.91 Å². The standard InChI is InChI=1S/C21H31N3O3/c1-16-7-8-18-19(14-16)27-15-21(26)24(18)13-9-20(25)22-10-5-12-23-11-4-3-6-17(23)2/h7-8,14,17H,3-6,9-13,15H2,1-2H3,(H,22,25)/t17-/m0/s1. The molecule has 148 valence electrons. The van der Waals surface area contributed by atoms with Gasteiger partial charge in [0.1, 0.15) is 5.75 Å². The number of aryl methyl sites for hydroxylation is 1. The van der Waals surface area contributed by atoms with E-state index in [0.29, 0.717) is 31.3 Å². The summed E-state index contributed by atoms with van der Waals surface area (Å²) >= 11 is 0. The van der Waals surface area contributed by atoms with E-state index in [9.17, 15) is 9.59 Å². The Morgan fingerprint density at radius 3 is 2.96 bits per heavy atom. The number of ether oxygens (including phenoxy) is 1. The molecule has 0 aliphatic carbocycles. The van der Waals surface area contributed by atoms with Gasteiger partial charge >= 0.3 is 0 Å². The smallest absolute Gasteiger partial charge is 0.265 e. The van der Waals surface area contributed by atoms with Gasteiger partial charge in [-0.25, -0.2) is 0 Å². The van der Waals surface area contributed by atoms with Crippen molar-refractivity contribution in [1.29, 1.82) is 0 Å². The summed E-state index contributed by atoms with van der Waals surface area (Å²) < 4.78 is 5.50. The summed E-state index contributed by atoms with van der Waals surface area (Å²) in [4.78, 5) is 28.5. The van der Waals surface area contributed by atoms with Crippen LogP contribution in [0.3, 0.4) is 0 Å². The number of rotatable bonds is 7. The molecule has 27 heavy (non-hydrogen) atoms. The zero-order valence-electron chi connectivity index (χ0n) is 16.5. The summed E-state index contributed by atoms with van der Waals surface area (Å²) in [6.45, 7) is 7.59. The van der Waals surface area contributed by atoms with Crippen molar-refractivity contribution in [2.45, 2.75) is 52.0 Å². The number of nitrogens with zero attached hydrogens (tertiary/aromatic N) is 2. The maximum absolute atomic E-state index is 12.2. The Morgan fingerprint density at radius 2 is 2.15 bits per heavy atom. The SMILES string of the molecule is Cc1ccc2c(c1)OCC(=O)N2CCC(=O)NCCCN1CCCC[C@@H]1C. The predicted molar refractivity (Wildman–Crippen MR) is 106 cm³/mol. The summed E-state index contributed by atoms with van der Waals surface area (Å²) in [7, 11) is 0. The molecule has 1 aromatic rings. The first-order chi connectivity index (χ1) is 13.0. The van der Waals surface area contributed by atoms with Gasteiger partial charge in [0.2, 0.25) is 5.91 Å². The fourth-order valence-corrected chi connectivity index (χ4v) is 3.86. The lowest BCUT2D eigenvalue weighted by molar-refractivity contribution is -0.122. The van der Waals surface area contributed by atoms with Crippen molar-refractivity contribution in [2.24, 2.45) is 0 Å². The zero-order chi connectivity index (χ0) is 19.2. The molecule has 1 fully saturated rings. The van der Waals surface area contributed by atoms with Gasteiger partial charge in [0.05, 0.1) is 5.69 Å². The number of hydrogen-bond acceptors (Lipinski definition) is 4. The Morgan fingerprint density at radius 1 is 1.30 bits per heavy atom. The molecule has 2 amide bonds. The Bertz CT molecular complexity index is 677. The second kappa shape index (κ2) is 9.22. The minimum atomic E-state index is -0.0989. The van der Waals surface area contributed by atoms with Gasteiger partial charge in [-0.2, -0.15) is 0 Å². The monoisotopic (exact) mass is 373 g/mol. The Labute approximate surface area is 161 Å². The van der Waals surface area contributed by atoms with E-state index in [0.717, 1.165) is 24.2 Å². The molecule has 3 rings (SSSR count). The van der Waals surface area contributed by atoms with Crippen LogP contribution in [0.5, 0.6) is 5.75 Å². The van der Waals surface area contributed by atoms with E-state index < -0.39 is 0 Å². The largest absolute Gasteiger partial charge is 0.482 e. The molecule has 6 nitrogen and oxygen atoms in total. The fourth-order valence-electron chi connectivity index (χ4n) is 3.86. The molecule has 1 aromatic carbocycles. The number of carbonyl (C=O) groups is 2. The summed E-state index contributed by atoms with van der Waals surface area (Å²) in [6, 6.07) is 6.43. The molecule has 6 heteroatoms. The van der Waals surface area contributed by atoms with E-state index >= 15 is 0 Å². The maximum atomic E-state index is 12.2. The van der Waals surface area contributed by atoms with E-state index in [-0.39, 0.29) is 18.4 Å². The van der Waals surface area contributed by atoms with Crippen LogP contribution in [-0.4, -0.2) is 55.5 Å². The second-order valence-electron chi connectivity index (χ2n) is 7.64. The molecule has 2 aliphatic rings. The number of benzene rings is 1. The third kappa shape index (κ3) is 5.22. The predicted octanol–water partition coefficient (Wildman–Crippen LogP) is 2.49. The Hall–Kier alpha value is -2.08. The molecule has 2 aliphatic heterocycles. The van der Waals surface area contributed by atoms with Crippen LogP contribution in [0.2, 0.25) is 0 Å². The normalized spacial score (nSPS) is 20.1. The lowest BCUT2D eigenvalue weighted by atomic mass is 10.0. The molecule has 1 atom stereocenters. The van der Waals surface area contributed by atoms with Crippen LogP contribution in [0, 0.1) is 6.92 Å². The number of likely N-dealkylation sites (tertiary alicyclic amines) is 1. The van der Waals surface area contributed by atoms with Crippen molar-refractivity contribution in [3.05, 3.63) is 23.8 Å². The molecular formula is C21H31N3O3. The third-order valence-electron chi connectivity index (χ3n) is 5.51. The van der Waals surface area contributed by atoms with Crippen LogP contribution >= 0.6 is 0 Å². The number of hydrogen-bond donors (Lipinski definition) is 1. The third-order valence-corrected chi connectivity index (χ3v) is 5.51. The maximum Gasteiger partial charge on any atom is 0.265 e. The van der Waals surface area contributed by atoms with E-state index in [4.69, 9.17) is 4.74 Å². The topological polar surface area (TPSA) is 61.9 Å². The molecule has 0 bridgehead atoms. The van der Waals surface area contributed by atoms with Gasteiger partial charge in [0, 0.05) is 32.1 Å². The number of anilines is 1. The number of fused-ring (bicyclic) bond motifs is 1. The van der Waals surface area contributed by atoms with Crippen molar-refractivity contribution in [3.63, 3.8) is 0 Å². The summed E-state index contributed by atoms with van der Waals surface area (Å²) in [6.07, 6.45) is 5.16. The minimum absolute atomic E-state index is 0.00496. The highest BCUT2D eigenvalue weighted by Gasteiger charge is 2.25. The van der Waals surface area contributed by atoms with Gasteiger partial charge < -0.3 is 19.9 Å². The van der Waals surface area contributed by atoms with Crippen molar-refractivity contribution >= 4 is 17.5 Å². The lowest BCUT2D eigenvalue weighted by Gasteiger charge is -2.33. The molecule has 0 saturated carbocycles. The van der Waals surface area contributed by atoms with Gasteiger partial charge in [-0.1, -0.05) is 12.5 Å². The Balaban J connectivity index is 1.41. The zero-order valence-corrected chi connectivity index (χ0v) is 16.5. The number of piperidine rings is 1. The number of amides is 2. The highest BCUT2D eigenvalue weighted by atomic mass is 16.5. The first kappa shape index (κ1) is 19.7. The number of nitrogens with one attached hydrogen (secondary N) is 1. The van der Waals surface area contributed by atoms with E-state index in [2.05, 4.69) is 17.1 Å². The molecule has 0 radical (unpaired) electrons. The van der Waals surface area contributed by atoms with Gasteiger partial charge in [-0.15, -0.1) is 0 Å². The van der Waals surface area contributed by atoms with Crippen LogP contribution < -0.4 is 15.0 Å². The highest BCUT2D eigenvalue weighted by molar-refractivity contribution is 5.98. The Kier molecular flexibility index (Phi) is 6.72. The average Bonchev–Trinajstić information content (AvgIpc) is 2.66. The second-order valence-corrected chi connectivity index (χ2v) is 7.64. The average molecular weight is 373 g/mol. The molecular weight excluding hydrogens is 342 g/mol. The van der Waals surface area contributed by atoms with Crippen LogP contribution in [0.1, 0.15) is 44.6 Å². The van der Waals surface area contributed by atoms with Crippen molar-refractivity contribution < 1.29 is 14.3 Å². The molecule has 2 heterocycles. The van der Waals surface area contributed by atoms with Gasteiger partial charge in [-0.3, -0.25) is 9.59 Å². The van der Waals surface area contributed by atoms with Crippen LogP contribution in [0.4, 0.5) is 5.69 Å². The molecule has 0 spiro atoms. The minimum Gasteiger partial charge on any atom is -0.482 e. The quantitative estimate of drug-likeness (QED) is 0.746. The summed E-state index contributed by atoms with van der Waals surface area (Å²) in [5.41, 5.74) is 1.84. The van der Waals surface area contributed by atoms with Crippen LogP contribution in [-0.2, 0) is 9.59 Å². The van der Waals surface area contributed by atoms with Gasteiger partial charge in [-0.05, 0) is 57.4 Å². The summed E-state index contributed by atoms with van der Waals surface area (Å²) in [5.74, 6) is 0.610. The van der Waals surface area contributed by atoms with Crippen LogP contribution in [0.15, 0.2) is 18.2 Å².